The zero-order valence-corrected chi connectivity index (χ0v) is 10.4. The Morgan fingerprint density at radius 1 is 1.20 bits per heavy atom. The number of carbonyl (C=O) groups excluding carboxylic acids is 1. The minimum absolute atomic E-state index is 0.0679. The van der Waals surface area contributed by atoms with Gasteiger partial charge >= 0.3 is 5.97 Å². The number of benzene rings is 1. The summed E-state index contributed by atoms with van der Waals surface area (Å²) >= 11 is 0. The molecule has 0 saturated carbocycles. The number of nitrogens with one attached hydrogen (secondary N) is 1. The summed E-state index contributed by atoms with van der Waals surface area (Å²) in [5, 5.41) is 11.2. The first-order chi connectivity index (χ1) is 9.56. The summed E-state index contributed by atoms with van der Waals surface area (Å²) in [5.74, 6) is -2.43. The van der Waals surface area contributed by atoms with E-state index in [9.17, 15) is 14.0 Å². The number of furan rings is 1. The third-order valence-corrected chi connectivity index (χ3v) is 2.63. The van der Waals surface area contributed by atoms with E-state index in [1.54, 1.807) is 12.1 Å². The largest absolute Gasteiger partial charge is 0.475 e. The smallest absolute Gasteiger partial charge is 0.371 e. The molecule has 5 nitrogen and oxygen atoms in total. The van der Waals surface area contributed by atoms with Gasteiger partial charge in [-0.1, -0.05) is 12.1 Å². The fourth-order valence-electron chi connectivity index (χ4n) is 1.67. The quantitative estimate of drug-likeness (QED) is 0.877. The second kappa shape index (κ2) is 6.01. The maximum Gasteiger partial charge on any atom is 0.371 e. The number of rotatable bonds is 5. The van der Waals surface area contributed by atoms with Crippen molar-refractivity contribution in [3.05, 3.63) is 59.3 Å². The molecule has 0 bridgehead atoms. The number of aromatic carboxylic acids is 1. The molecular formula is C14H12FNO4. The van der Waals surface area contributed by atoms with Gasteiger partial charge < -0.3 is 14.8 Å². The van der Waals surface area contributed by atoms with Gasteiger partial charge in [0.25, 0.3) is 5.91 Å². The van der Waals surface area contributed by atoms with Crippen molar-refractivity contribution in [1.29, 1.82) is 0 Å². The molecule has 0 unspecified atom stereocenters. The van der Waals surface area contributed by atoms with Gasteiger partial charge in [-0.25, -0.2) is 9.18 Å². The summed E-state index contributed by atoms with van der Waals surface area (Å²) in [7, 11) is 0. The summed E-state index contributed by atoms with van der Waals surface area (Å²) in [6, 6.07) is 8.59. The van der Waals surface area contributed by atoms with Crippen molar-refractivity contribution < 1.29 is 23.5 Å². The normalized spacial score (nSPS) is 10.2. The molecule has 20 heavy (non-hydrogen) atoms. The van der Waals surface area contributed by atoms with Crippen LogP contribution in [0, 0.1) is 5.82 Å². The van der Waals surface area contributed by atoms with Gasteiger partial charge in [0, 0.05) is 6.54 Å². The zero-order chi connectivity index (χ0) is 14.5. The molecule has 1 amide bonds. The topological polar surface area (TPSA) is 79.5 Å². The van der Waals surface area contributed by atoms with E-state index < -0.39 is 11.9 Å². The summed E-state index contributed by atoms with van der Waals surface area (Å²) in [6.45, 7) is 0.297. The number of hydrogen-bond acceptors (Lipinski definition) is 3. The lowest BCUT2D eigenvalue weighted by molar-refractivity contribution is 0.0659. The first-order valence-corrected chi connectivity index (χ1v) is 5.92. The van der Waals surface area contributed by atoms with Crippen LogP contribution in [0.25, 0.3) is 0 Å². The van der Waals surface area contributed by atoms with Crippen LogP contribution in [0.5, 0.6) is 0 Å². The highest BCUT2D eigenvalue weighted by molar-refractivity contribution is 5.93. The highest BCUT2D eigenvalue weighted by Crippen LogP contribution is 2.08. The Kier molecular flexibility index (Phi) is 4.14. The van der Waals surface area contributed by atoms with Gasteiger partial charge in [-0.2, -0.15) is 0 Å². The Morgan fingerprint density at radius 3 is 2.60 bits per heavy atom. The Morgan fingerprint density at radius 2 is 1.95 bits per heavy atom. The van der Waals surface area contributed by atoms with Gasteiger partial charge in [-0.05, 0) is 36.2 Å². The zero-order valence-electron chi connectivity index (χ0n) is 10.4. The van der Waals surface area contributed by atoms with Crippen LogP contribution in [0.1, 0.15) is 26.7 Å². The van der Waals surface area contributed by atoms with Gasteiger partial charge in [0.05, 0.1) is 0 Å². The van der Waals surface area contributed by atoms with Gasteiger partial charge in [0.1, 0.15) is 5.82 Å². The summed E-state index contributed by atoms with van der Waals surface area (Å²) in [5.41, 5.74) is 0.760. The van der Waals surface area contributed by atoms with Crippen LogP contribution in [-0.2, 0) is 6.42 Å². The molecule has 0 aliphatic carbocycles. The molecule has 6 heteroatoms. The lowest BCUT2D eigenvalue weighted by Gasteiger charge is -2.03. The van der Waals surface area contributed by atoms with Crippen molar-refractivity contribution in [2.75, 3.05) is 6.54 Å². The number of carboxylic acid groups (broad SMARTS) is 1. The molecule has 1 aromatic carbocycles. The van der Waals surface area contributed by atoms with Gasteiger partial charge in [-0.3, -0.25) is 4.79 Å². The third-order valence-electron chi connectivity index (χ3n) is 2.63. The first kappa shape index (κ1) is 13.8. The summed E-state index contributed by atoms with van der Waals surface area (Å²) < 4.78 is 17.8. The minimum Gasteiger partial charge on any atom is -0.475 e. The van der Waals surface area contributed by atoms with Crippen LogP contribution >= 0.6 is 0 Å². The molecule has 0 fully saturated rings. The summed E-state index contributed by atoms with van der Waals surface area (Å²) in [4.78, 5) is 22.3. The highest BCUT2D eigenvalue weighted by atomic mass is 19.1. The maximum atomic E-state index is 12.9. The molecule has 0 aliphatic heterocycles. The molecule has 0 saturated heterocycles. The standard InChI is InChI=1S/C14H12FNO4/c15-10-3-1-2-9(8-10)6-7-16-13(17)11-4-5-12(20-11)14(18)19/h1-5,8H,6-7H2,(H,16,17)(H,18,19). The minimum atomic E-state index is -1.23. The highest BCUT2D eigenvalue weighted by Gasteiger charge is 2.14. The maximum absolute atomic E-state index is 12.9. The molecule has 104 valence electrons. The van der Waals surface area contributed by atoms with E-state index in [1.807, 2.05) is 0 Å². The fraction of sp³-hybridized carbons (Fsp3) is 0.143. The van der Waals surface area contributed by atoms with E-state index in [1.165, 1.54) is 24.3 Å². The van der Waals surface area contributed by atoms with E-state index in [4.69, 9.17) is 9.52 Å². The molecule has 0 atom stereocenters. The molecule has 1 aromatic heterocycles. The van der Waals surface area contributed by atoms with Crippen LogP contribution in [0.2, 0.25) is 0 Å². The van der Waals surface area contributed by atoms with Crippen LogP contribution in [0.3, 0.4) is 0 Å². The second-order valence-electron chi connectivity index (χ2n) is 4.10. The van der Waals surface area contributed by atoms with E-state index in [0.29, 0.717) is 13.0 Å². The van der Waals surface area contributed by atoms with Gasteiger partial charge in [0.15, 0.2) is 5.76 Å². The van der Waals surface area contributed by atoms with E-state index in [0.717, 1.165) is 5.56 Å². The van der Waals surface area contributed by atoms with Crippen LogP contribution in [-0.4, -0.2) is 23.5 Å². The average Bonchev–Trinajstić information content (AvgIpc) is 2.88. The molecule has 2 aromatic rings. The predicted molar refractivity (Wildman–Crippen MR) is 68.1 cm³/mol. The van der Waals surface area contributed by atoms with Crippen LogP contribution in [0.15, 0.2) is 40.8 Å². The summed E-state index contributed by atoms with van der Waals surface area (Å²) in [6.07, 6.45) is 0.468. The predicted octanol–water partition coefficient (Wildman–Crippen LogP) is 2.09. The second-order valence-corrected chi connectivity index (χ2v) is 4.10. The van der Waals surface area contributed by atoms with Gasteiger partial charge in [-0.15, -0.1) is 0 Å². The van der Waals surface area contributed by atoms with Crippen LogP contribution in [0.4, 0.5) is 4.39 Å². The third kappa shape index (κ3) is 3.44. The Bertz CT molecular complexity index is 636. The number of carbonyl (C=O) groups is 2. The Labute approximate surface area is 114 Å². The van der Waals surface area contributed by atoms with Gasteiger partial charge in [0.2, 0.25) is 5.76 Å². The average molecular weight is 277 g/mol. The lowest BCUT2D eigenvalue weighted by atomic mass is 10.1. The van der Waals surface area contributed by atoms with Crippen LogP contribution < -0.4 is 5.32 Å². The number of halogens is 1. The number of carboxylic acids is 1. The van der Waals surface area contributed by atoms with E-state index >= 15 is 0 Å². The molecule has 1 heterocycles. The van der Waals surface area contributed by atoms with Crippen molar-refractivity contribution in [3.63, 3.8) is 0 Å². The SMILES string of the molecule is O=C(O)c1ccc(C(=O)NCCc2cccc(F)c2)o1. The molecule has 0 radical (unpaired) electrons. The first-order valence-electron chi connectivity index (χ1n) is 5.92. The van der Waals surface area contributed by atoms with Crippen molar-refractivity contribution in [2.24, 2.45) is 0 Å². The molecule has 0 spiro atoms. The Hall–Kier alpha value is -2.63. The van der Waals surface area contributed by atoms with Crippen molar-refractivity contribution in [3.8, 4) is 0 Å². The van der Waals surface area contributed by atoms with Crippen molar-refractivity contribution >= 4 is 11.9 Å². The van der Waals surface area contributed by atoms with Crippen molar-refractivity contribution in [2.45, 2.75) is 6.42 Å². The molecule has 0 aliphatic rings. The monoisotopic (exact) mass is 277 g/mol. The number of amides is 1. The molecular weight excluding hydrogens is 265 g/mol. The molecule has 2 rings (SSSR count). The lowest BCUT2D eigenvalue weighted by Crippen LogP contribution is -2.25. The Balaban J connectivity index is 1.87. The van der Waals surface area contributed by atoms with Crippen molar-refractivity contribution in [1.82, 2.24) is 5.32 Å². The van der Waals surface area contributed by atoms with E-state index in [2.05, 4.69) is 5.32 Å². The van der Waals surface area contributed by atoms with E-state index in [-0.39, 0.29) is 17.3 Å². The number of hydrogen-bond donors (Lipinski definition) is 2. The fourth-order valence-corrected chi connectivity index (χ4v) is 1.67. The molecule has 2 N–H and O–H groups in total.